The maximum atomic E-state index is 10.9. The first-order valence-corrected chi connectivity index (χ1v) is 4.83. The van der Waals surface area contributed by atoms with E-state index in [1.165, 1.54) is 0 Å². The van der Waals surface area contributed by atoms with Crippen LogP contribution in [0.2, 0.25) is 0 Å². The van der Waals surface area contributed by atoms with Crippen molar-refractivity contribution in [2.75, 3.05) is 6.79 Å². The number of aromatic nitrogens is 1. The quantitative estimate of drug-likeness (QED) is 0.851. The number of nitrogens with zero attached hydrogens (tertiary/aromatic N) is 1. The van der Waals surface area contributed by atoms with E-state index < -0.39 is 5.97 Å². The Morgan fingerprint density at radius 3 is 2.94 bits per heavy atom. The van der Waals surface area contributed by atoms with E-state index in [4.69, 9.17) is 14.6 Å². The van der Waals surface area contributed by atoms with Crippen molar-refractivity contribution >= 4 is 5.97 Å². The van der Waals surface area contributed by atoms with Crippen LogP contribution in [0, 0.1) is 0 Å². The molecule has 0 bridgehead atoms. The molecule has 1 aromatic carbocycles. The van der Waals surface area contributed by atoms with Crippen LogP contribution in [-0.2, 0) is 0 Å². The van der Waals surface area contributed by atoms with Gasteiger partial charge in [-0.3, -0.25) is 0 Å². The van der Waals surface area contributed by atoms with E-state index in [-0.39, 0.29) is 18.1 Å². The molecule has 0 aliphatic carbocycles. The summed E-state index contributed by atoms with van der Waals surface area (Å²) in [5.74, 6) is 0.120. The normalized spacial score (nSPS) is 12.7. The topological polar surface area (TPSA) is 81.8 Å². The van der Waals surface area contributed by atoms with Gasteiger partial charge in [-0.25, -0.2) is 4.79 Å². The van der Waals surface area contributed by atoms with Crippen LogP contribution in [0.4, 0.5) is 0 Å². The predicted octanol–water partition coefficient (Wildman–Crippen LogP) is 1.77. The molecule has 2 aromatic rings. The molecule has 0 saturated heterocycles. The van der Waals surface area contributed by atoms with Gasteiger partial charge in [-0.2, -0.15) is 0 Å². The van der Waals surface area contributed by atoms with E-state index in [1.54, 1.807) is 18.2 Å². The Bertz CT molecular complexity index is 589. The zero-order valence-corrected chi connectivity index (χ0v) is 8.54. The van der Waals surface area contributed by atoms with Gasteiger partial charge in [-0.1, -0.05) is 5.16 Å². The fraction of sp³-hybridized carbons (Fsp3) is 0.0909. The number of fused-ring (bicyclic) bond motifs is 1. The Morgan fingerprint density at radius 2 is 2.12 bits per heavy atom. The lowest BCUT2D eigenvalue weighted by molar-refractivity contribution is 0.0697. The molecule has 86 valence electrons. The van der Waals surface area contributed by atoms with Gasteiger partial charge in [0.1, 0.15) is 17.5 Å². The van der Waals surface area contributed by atoms with Crippen LogP contribution in [0.3, 0.4) is 0 Å². The first kappa shape index (κ1) is 9.71. The molecule has 6 heteroatoms. The smallest absolute Gasteiger partial charge is 0.341 e. The first-order valence-electron chi connectivity index (χ1n) is 4.83. The third-order valence-electron chi connectivity index (χ3n) is 2.45. The molecule has 0 fully saturated rings. The molecule has 0 amide bonds. The summed E-state index contributed by atoms with van der Waals surface area (Å²) in [6.07, 6.45) is 1.10. The highest BCUT2D eigenvalue weighted by Crippen LogP contribution is 2.36. The molecule has 0 atom stereocenters. The minimum atomic E-state index is -1.08. The van der Waals surface area contributed by atoms with E-state index in [2.05, 4.69) is 9.68 Å². The fourth-order valence-corrected chi connectivity index (χ4v) is 1.64. The number of aromatic carboxylic acids is 1. The van der Waals surface area contributed by atoms with E-state index in [9.17, 15) is 4.79 Å². The average molecular weight is 233 g/mol. The molecule has 0 unspecified atom stereocenters. The Labute approximate surface area is 95.4 Å². The third kappa shape index (κ3) is 1.50. The molecule has 2 heterocycles. The zero-order valence-electron chi connectivity index (χ0n) is 8.54. The van der Waals surface area contributed by atoms with Gasteiger partial charge in [-0.15, -0.1) is 0 Å². The highest BCUT2D eigenvalue weighted by molar-refractivity contribution is 5.94. The van der Waals surface area contributed by atoms with Gasteiger partial charge >= 0.3 is 5.97 Å². The molecule has 1 aliphatic rings. The number of carbonyl (C=O) groups is 1. The largest absolute Gasteiger partial charge is 0.477 e. The van der Waals surface area contributed by atoms with Crippen LogP contribution in [0.15, 0.2) is 29.0 Å². The summed E-state index contributed by atoms with van der Waals surface area (Å²) in [6.45, 7) is 0.170. The second-order valence-corrected chi connectivity index (χ2v) is 3.45. The Hall–Kier alpha value is -2.50. The summed E-state index contributed by atoms with van der Waals surface area (Å²) < 4.78 is 15.1. The van der Waals surface area contributed by atoms with Crippen LogP contribution in [0.1, 0.15) is 10.4 Å². The van der Waals surface area contributed by atoms with Gasteiger partial charge in [0.05, 0.1) is 0 Å². The monoisotopic (exact) mass is 233 g/mol. The summed E-state index contributed by atoms with van der Waals surface area (Å²) in [7, 11) is 0. The lowest BCUT2D eigenvalue weighted by atomic mass is 10.1. The van der Waals surface area contributed by atoms with Crippen LogP contribution < -0.4 is 9.47 Å². The van der Waals surface area contributed by atoms with Gasteiger partial charge in [0.25, 0.3) is 0 Å². The van der Waals surface area contributed by atoms with Crippen LogP contribution >= 0.6 is 0 Å². The number of hydrogen-bond acceptors (Lipinski definition) is 5. The molecule has 1 aliphatic heterocycles. The lowest BCUT2D eigenvalue weighted by Gasteiger charge is -2.00. The highest BCUT2D eigenvalue weighted by Gasteiger charge is 2.20. The van der Waals surface area contributed by atoms with E-state index in [0.29, 0.717) is 17.1 Å². The fourth-order valence-electron chi connectivity index (χ4n) is 1.64. The maximum absolute atomic E-state index is 10.9. The van der Waals surface area contributed by atoms with Crippen molar-refractivity contribution in [2.45, 2.75) is 0 Å². The molecular weight excluding hydrogens is 226 g/mol. The summed E-state index contributed by atoms with van der Waals surface area (Å²) >= 11 is 0. The summed E-state index contributed by atoms with van der Waals surface area (Å²) in [5.41, 5.74) is 0.903. The molecule has 17 heavy (non-hydrogen) atoms. The van der Waals surface area contributed by atoms with Gasteiger partial charge in [0, 0.05) is 5.56 Å². The van der Waals surface area contributed by atoms with Crippen molar-refractivity contribution in [3.63, 3.8) is 0 Å². The number of carboxylic acid groups (broad SMARTS) is 1. The van der Waals surface area contributed by atoms with E-state index in [1.807, 2.05) is 0 Å². The predicted molar refractivity (Wildman–Crippen MR) is 55.0 cm³/mol. The second-order valence-electron chi connectivity index (χ2n) is 3.45. The average Bonchev–Trinajstić information content (AvgIpc) is 2.96. The van der Waals surface area contributed by atoms with Crippen molar-refractivity contribution in [1.82, 2.24) is 5.16 Å². The Balaban J connectivity index is 2.09. The van der Waals surface area contributed by atoms with E-state index >= 15 is 0 Å². The number of ether oxygens (including phenoxy) is 2. The van der Waals surface area contributed by atoms with Crippen molar-refractivity contribution < 1.29 is 23.9 Å². The van der Waals surface area contributed by atoms with Gasteiger partial charge in [-0.05, 0) is 18.2 Å². The molecule has 1 N–H and O–H groups in total. The first-order chi connectivity index (χ1) is 8.25. The zero-order chi connectivity index (χ0) is 11.8. The highest BCUT2D eigenvalue weighted by atomic mass is 16.7. The van der Waals surface area contributed by atoms with Gasteiger partial charge in [0.15, 0.2) is 11.5 Å². The van der Waals surface area contributed by atoms with Crippen molar-refractivity contribution in [3.05, 3.63) is 30.0 Å². The third-order valence-corrected chi connectivity index (χ3v) is 2.45. The molecule has 6 nitrogen and oxygen atoms in total. The van der Waals surface area contributed by atoms with Crippen LogP contribution in [-0.4, -0.2) is 23.0 Å². The molecule has 0 radical (unpaired) electrons. The molecule has 1 aromatic heterocycles. The molecular formula is C11H7NO5. The second kappa shape index (κ2) is 3.51. The number of rotatable bonds is 2. The molecule has 0 spiro atoms. The number of benzene rings is 1. The lowest BCUT2D eigenvalue weighted by Crippen LogP contribution is -1.96. The Morgan fingerprint density at radius 1 is 1.29 bits per heavy atom. The SMILES string of the molecule is O=C(O)c1conc1-c1ccc2c(c1)OCO2. The minimum Gasteiger partial charge on any atom is -0.477 e. The Kier molecular flexibility index (Phi) is 2.01. The number of carboxylic acids is 1. The number of hydrogen-bond donors (Lipinski definition) is 1. The van der Waals surface area contributed by atoms with Gasteiger partial charge < -0.3 is 19.1 Å². The summed E-state index contributed by atoms with van der Waals surface area (Å²) in [5, 5.41) is 12.6. The summed E-state index contributed by atoms with van der Waals surface area (Å²) in [6, 6.07) is 5.09. The van der Waals surface area contributed by atoms with Crippen molar-refractivity contribution in [3.8, 4) is 22.8 Å². The van der Waals surface area contributed by atoms with E-state index in [0.717, 1.165) is 6.26 Å². The standard InChI is InChI=1S/C11H7NO5/c13-11(14)7-4-17-12-10(7)6-1-2-8-9(3-6)16-5-15-8/h1-4H,5H2,(H,13,14). The molecule has 0 saturated carbocycles. The van der Waals surface area contributed by atoms with Crippen LogP contribution in [0.5, 0.6) is 11.5 Å². The van der Waals surface area contributed by atoms with Crippen molar-refractivity contribution in [1.29, 1.82) is 0 Å². The van der Waals surface area contributed by atoms with Crippen molar-refractivity contribution in [2.24, 2.45) is 0 Å². The summed E-state index contributed by atoms with van der Waals surface area (Å²) in [4.78, 5) is 10.9. The van der Waals surface area contributed by atoms with Crippen LogP contribution in [0.25, 0.3) is 11.3 Å². The minimum absolute atomic E-state index is 0.0175. The molecule has 3 rings (SSSR count). The maximum Gasteiger partial charge on any atom is 0.341 e. The van der Waals surface area contributed by atoms with Gasteiger partial charge in [0.2, 0.25) is 6.79 Å².